The number of likely N-dealkylation sites (tertiary alicyclic amines) is 1. The van der Waals surface area contributed by atoms with Gasteiger partial charge in [0.25, 0.3) is 0 Å². The van der Waals surface area contributed by atoms with Gasteiger partial charge in [0.15, 0.2) is 0 Å². The molecule has 2 aliphatic rings. The number of nitrogens with zero attached hydrogens (tertiary/aromatic N) is 2. The first-order valence-corrected chi connectivity index (χ1v) is 7.83. The minimum Gasteiger partial charge on any atom is -0.372 e. The standard InChI is InChI=1S/C16H22N4O.2ClH/c1-2-14(19-15-13(1)3-6-18-15)11-20-8-4-16(5-9-20)12-17-7-10-21-16;;/h1-3,6,17H,4-5,7-12H2,(H,18,19);2*1H. The first kappa shape index (κ1) is 18.5. The van der Waals surface area contributed by atoms with Crippen LogP contribution in [-0.4, -0.2) is 53.3 Å². The second-order valence-corrected chi connectivity index (χ2v) is 6.20. The minimum absolute atomic E-state index is 0. The van der Waals surface area contributed by atoms with E-state index in [1.165, 1.54) is 5.39 Å². The van der Waals surface area contributed by atoms with Gasteiger partial charge in [-0.2, -0.15) is 0 Å². The van der Waals surface area contributed by atoms with Crippen molar-refractivity contribution in [3.8, 4) is 0 Å². The second-order valence-electron chi connectivity index (χ2n) is 6.20. The van der Waals surface area contributed by atoms with Crippen LogP contribution < -0.4 is 5.32 Å². The van der Waals surface area contributed by atoms with E-state index in [0.29, 0.717) is 0 Å². The zero-order valence-electron chi connectivity index (χ0n) is 13.1. The van der Waals surface area contributed by atoms with E-state index in [1.807, 2.05) is 6.20 Å². The Labute approximate surface area is 149 Å². The predicted molar refractivity (Wildman–Crippen MR) is 96.7 cm³/mol. The lowest BCUT2D eigenvalue weighted by molar-refractivity contribution is -0.101. The lowest BCUT2D eigenvalue weighted by atomic mass is 9.90. The number of hydrogen-bond acceptors (Lipinski definition) is 4. The number of fused-ring (bicyclic) bond motifs is 1. The molecule has 2 aliphatic heterocycles. The highest BCUT2D eigenvalue weighted by molar-refractivity contribution is 5.85. The Morgan fingerprint density at radius 2 is 2.00 bits per heavy atom. The Kier molecular flexibility index (Phi) is 6.28. The van der Waals surface area contributed by atoms with Crippen molar-refractivity contribution in [1.29, 1.82) is 0 Å². The van der Waals surface area contributed by atoms with Gasteiger partial charge >= 0.3 is 0 Å². The molecule has 5 nitrogen and oxygen atoms in total. The summed E-state index contributed by atoms with van der Waals surface area (Å²) in [6.45, 7) is 5.96. The number of pyridine rings is 1. The first-order chi connectivity index (χ1) is 10.3. The van der Waals surface area contributed by atoms with Crippen molar-refractivity contribution in [3.63, 3.8) is 0 Å². The van der Waals surface area contributed by atoms with E-state index in [-0.39, 0.29) is 30.4 Å². The van der Waals surface area contributed by atoms with Crippen molar-refractivity contribution in [1.82, 2.24) is 20.2 Å². The molecular formula is C16H24Cl2N4O. The van der Waals surface area contributed by atoms with Gasteiger partial charge in [0.2, 0.25) is 0 Å². The fourth-order valence-corrected chi connectivity index (χ4v) is 3.43. The molecule has 4 rings (SSSR count). The van der Waals surface area contributed by atoms with Crippen LogP contribution in [0.5, 0.6) is 0 Å². The van der Waals surface area contributed by atoms with E-state index in [2.05, 4.69) is 33.4 Å². The molecule has 0 aliphatic carbocycles. The number of nitrogens with one attached hydrogen (secondary N) is 2. The molecular weight excluding hydrogens is 335 g/mol. The zero-order valence-corrected chi connectivity index (χ0v) is 14.7. The van der Waals surface area contributed by atoms with Gasteiger partial charge < -0.3 is 15.0 Å². The summed E-state index contributed by atoms with van der Waals surface area (Å²) >= 11 is 0. The fourth-order valence-electron chi connectivity index (χ4n) is 3.43. The molecule has 2 N–H and O–H groups in total. The van der Waals surface area contributed by atoms with Gasteiger partial charge in [-0.15, -0.1) is 24.8 Å². The van der Waals surface area contributed by atoms with Gasteiger partial charge in [-0.3, -0.25) is 4.90 Å². The topological polar surface area (TPSA) is 53.2 Å². The van der Waals surface area contributed by atoms with Crippen molar-refractivity contribution in [2.24, 2.45) is 0 Å². The molecule has 4 heterocycles. The van der Waals surface area contributed by atoms with Crippen LogP contribution in [0.3, 0.4) is 0 Å². The molecule has 2 aromatic heterocycles. The Morgan fingerprint density at radius 3 is 2.74 bits per heavy atom. The lowest BCUT2D eigenvalue weighted by Crippen LogP contribution is -2.55. The maximum absolute atomic E-state index is 6.04. The second kappa shape index (κ2) is 7.81. The van der Waals surface area contributed by atoms with Crippen LogP contribution >= 0.6 is 24.8 Å². The van der Waals surface area contributed by atoms with Crippen LogP contribution in [0.1, 0.15) is 18.5 Å². The molecule has 2 aromatic rings. The first-order valence-electron chi connectivity index (χ1n) is 7.83. The maximum atomic E-state index is 6.04. The number of aromatic amines is 1. The molecule has 2 saturated heterocycles. The summed E-state index contributed by atoms with van der Waals surface area (Å²) in [4.78, 5) is 10.4. The van der Waals surface area contributed by atoms with Crippen molar-refractivity contribution >= 4 is 35.8 Å². The number of ether oxygens (including phenoxy) is 1. The molecule has 0 bridgehead atoms. The predicted octanol–water partition coefficient (Wildman–Crippen LogP) is 2.36. The van der Waals surface area contributed by atoms with E-state index in [9.17, 15) is 0 Å². The average Bonchev–Trinajstić information content (AvgIpc) is 2.98. The average molecular weight is 359 g/mol. The molecule has 0 aromatic carbocycles. The van der Waals surface area contributed by atoms with Crippen LogP contribution in [0.25, 0.3) is 11.0 Å². The molecule has 0 amide bonds. The molecule has 1 spiro atoms. The lowest BCUT2D eigenvalue weighted by Gasteiger charge is -2.44. The molecule has 23 heavy (non-hydrogen) atoms. The van der Waals surface area contributed by atoms with Gasteiger partial charge in [0.1, 0.15) is 5.65 Å². The van der Waals surface area contributed by atoms with Crippen LogP contribution in [0.4, 0.5) is 0 Å². The van der Waals surface area contributed by atoms with Crippen LogP contribution in [-0.2, 0) is 11.3 Å². The Morgan fingerprint density at radius 1 is 1.17 bits per heavy atom. The highest BCUT2D eigenvalue weighted by atomic mass is 35.5. The molecule has 0 atom stereocenters. The Hall–Kier alpha value is -0.850. The quantitative estimate of drug-likeness (QED) is 0.865. The highest BCUT2D eigenvalue weighted by Crippen LogP contribution is 2.28. The van der Waals surface area contributed by atoms with Crippen LogP contribution in [0, 0.1) is 0 Å². The number of piperidine rings is 1. The third-order valence-corrected chi connectivity index (χ3v) is 4.75. The zero-order chi connectivity index (χ0) is 14.1. The van der Waals surface area contributed by atoms with Crippen molar-refractivity contribution in [2.75, 3.05) is 32.8 Å². The molecule has 0 unspecified atom stereocenters. The highest BCUT2D eigenvalue weighted by Gasteiger charge is 2.36. The fraction of sp³-hybridized carbons (Fsp3) is 0.562. The van der Waals surface area contributed by atoms with E-state index in [0.717, 1.165) is 63.5 Å². The third-order valence-electron chi connectivity index (χ3n) is 4.75. The van der Waals surface area contributed by atoms with E-state index >= 15 is 0 Å². The smallest absolute Gasteiger partial charge is 0.137 e. The molecule has 0 radical (unpaired) electrons. The summed E-state index contributed by atoms with van der Waals surface area (Å²) in [7, 11) is 0. The van der Waals surface area contributed by atoms with Crippen molar-refractivity contribution in [2.45, 2.75) is 25.0 Å². The molecule has 0 saturated carbocycles. The van der Waals surface area contributed by atoms with Gasteiger partial charge in [-0.1, -0.05) is 0 Å². The number of halogens is 2. The van der Waals surface area contributed by atoms with Gasteiger partial charge in [0, 0.05) is 44.3 Å². The summed E-state index contributed by atoms with van der Waals surface area (Å²) in [5, 5.41) is 4.65. The Bertz CT molecular complexity index is 617. The maximum Gasteiger partial charge on any atom is 0.137 e. The van der Waals surface area contributed by atoms with E-state index in [4.69, 9.17) is 9.72 Å². The summed E-state index contributed by atoms with van der Waals surface area (Å²) in [6, 6.07) is 6.34. The van der Waals surface area contributed by atoms with Crippen molar-refractivity contribution in [3.05, 3.63) is 30.1 Å². The van der Waals surface area contributed by atoms with Crippen molar-refractivity contribution < 1.29 is 4.74 Å². The monoisotopic (exact) mass is 358 g/mol. The normalized spacial score (nSPS) is 20.9. The van der Waals surface area contributed by atoms with Gasteiger partial charge in [-0.25, -0.2) is 4.98 Å². The molecule has 128 valence electrons. The number of morpholine rings is 1. The SMILES string of the molecule is Cl.Cl.c1cc2ccc(CN3CCC4(CC3)CNCCO4)nc2[nH]1. The van der Waals surface area contributed by atoms with Gasteiger partial charge in [-0.05, 0) is 31.0 Å². The Balaban J connectivity index is 0.000000960. The third kappa shape index (κ3) is 3.98. The summed E-state index contributed by atoms with van der Waals surface area (Å²) in [6.07, 6.45) is 4.18. The number of aromatic nitrogens is 2. The van der Waals surface area contributed by atoms with E-state index < -0.39 is 0 Å². The van der Waals surface area contributed by atoms with E-state index in [1.54, 1.807) is 0 Å². The summed E-state index contributed by atoms with van der Waals surface area (Å²) in [5.41, 5.74) is 2.22. The number of rotatable bonds is 2. The summed E-state index contributed by atoms with van der Waals surface area (Å²) < 4.78 is 6.04. The van der Waals surface area contributed by atoms with Gasteiger partial charge in [0.05, 0.1) is 17.9 Å². The molecule has 7 heteroatoms. The number of H-pyrrole nitrogens is 1. The largest absolute Gasteiger partial charge is 0.372 e. The molecule has 2 fully saturated rings. The number of hydrogen-bond donors (Lipinski definition) is 2. The minimum atomic E-state index is 0. The van der Waals surface area contributed by atoms with Crippen LogP contribution in [0.2, 0.25) is 0 Å². The van der Waals surface area contributed by atoms with Crippen LogP contribution in [0.15, 0.2) is 24.4 Å². The summed E-state index contributed by atoms with van der Waals surface area (Å²) in [5.74, 6) is 0.